The number of nitrogens with zero attached hydrogens (tertiary/aromatic N) is 2. The highest BCUT2D eigenvalue weighted by molar-refractivity contribution is 5.46. The standard InChI is InChI=1S/C14H14N2O/c1-17-12-5-4-11-3-2-6-14(10-16,7-8-15)13(11)9-12/h4-5,9H,2-3,6-7H2,1H3/t14-/m0/s1. The van der Waals surface area contributed by atoms with Gasteiger partial charge in [0.15, 0.2) is 0 Å². The molecule has 0 bridgehead atoms. The first-order valence-corrected chi connectivity index (χ1v) is 5.71. The average Bonchev–Trinajstić information content (AvgIpc) is 2.39. The summed E-state index contributed by atoms with van der Waals surface area (Å²) in [6.45, 7) is 0. The number of fused-ring (bicyclic) bond motifs is 1. The maximum absolute atomic E-state index is 9.44. The molecule has 3 nitrogen and oxygen atoms in total. The minimum Gasteiger partial charge on any atom is -0.497 e. The van der Waals surface area contributed by atoms with E-state index < -0.39 is 5.41 Å². The molecule has 0 spiro atoms. The van der Waals surface area contributed by atoms with E-state index in [2.05, 4.69) is 12.1 Å². The predicted molar refractivity (Wildman–Crippen MR) is 63.5 cm³/mol. The Labute approximate surface area is 101 Å². The highest BCUT2D eigenvalue weighted by Gasteiger charge is 2.37. The molecule has 0 N–H and O–H groups in total. The van der Waals surface area contributed by atoms with Crippen LogP contribution in [0, 0.1) is 22.7 Å². The molecule has 0 unspecified atom stereocenters. The molecule has 0 aromatic heterocycles. The van der Waals surface area contributed by atoms with E-state index in [9.17, 15) is 5.26 Å². The van der Waals surface area contributed by atoms with Crippen LogP contribution < -0.4 is 4.74 Å². The van der Waals surface area contributed by atoms with Gasteiger partial charge >= 0.3 is 0 Å². The quantitative estimate of drug-likeness (QED) is 0.779. The lowest BCUT2D eigenvalue weighted by Crippen LogP contribution is -2.29. The number of hydrogen-bond donors (Lipinski definition) is 0. The van der Waals surface area contributed by atoms with E-state index in [1.54, 1.807) is 7.11 Å². The Morgan fingerprint density at radius 3 is 2.88 bits per heavy atom. The molecule has 0 heterocycles. The molecule has 0 saturated heterocycles. The summed E-state index contributed by atoms with van der Waals surface area (Å²) in [6, 6.07) is 10.3. The second-order valence-electron chi connectivity index (χ2n) is 4.41. The molecule has 1 atom stereocenters. The van der Waals surface area contributed by atoms with Crippen molar-refractivity contribution in [2.75, 3.05) is 7.11 Å². The number of benzene rings is 1. The molecule has 0 fully saturated rings. The molecule has 0 amide bonds. The molecule has 0 radical (unpaired) electrons. The van der Waals surface area contributed by atoms with Gasteiger partial charge < -0.3 is 4.74 Å². The van der Waals surface area contributed by atoms with Gasteiger partial charge in [0.05, 0.1) is 31.1 Å². The molecule has 1 aliphatic rings. The second kappa shape index (κ2) is 4.47. The zero-order valence-corrected chi connectivity index (χ0v) is 9.86. The Balaban J connectivity index is 2.56. The monoisotopic (exact) mass is 226 g/mol. The Morgan fingerprint density at radius 2 is 2.24 bits per heavy atom. The van der Waals surface area contributed by atoms with Crippen LogP contribution in [0.1, 0.15) is 30.4 Å². The summed E-state index contributed by atoms with van der Waals surface area (Å²) >= 11 is 0. The fraction of sp³-hybridized carbons (Fsp3) is 0.429. The summed E-state index contributed by atoms with van der Waals surface area (Å²) in [4.78, 5) is 0. The van der Waals surface area contributed by atoms with Gasteiger partial charge in [-0.05, 0) is 42.5 Å². The van der Waals surface area contributed by atoms with Gasteiger partial charge in [-0.1, -0.05) is 6.07 Å². The third-order valence-electron chi connectivity index (χ3n) is 3.48. The molecule has 1 aromatic carbocycles. The lowest BCUT2D eigenvalue weighted by molar-refractivity contribution is 0.407. The van der Waals surface area contributed by atoms with Crippen molar-refractivity contribution < 1.29 is 4.74 Å². The van der Waals surface area contributed by atoms with E-state index in [1.165, 1.54) is 5.56 Å². The second-order valence-corrected chi connectivity index (χ2v) is 4.41. The van der Waals surface area contributed by atoms with Crippen LogP contribution in [0.5, 0.6) is 5.75 Å². The van der Waals surface area contributed by atoms with Crippen molar-refractivity contribution in [2.24, 2.45) is 0 Å². The van der Waals surface area contributed by atoms with Crippen molar-refractivity contribution in [3.05, 3.63) is 29.3 Å². The number of nitriles is 2. The molecule has 3 heteroatoms. The first kappa shape index (κ1) is 11.5. The lowest BCUT2D eigenvalue weighted by atomic mass is 9.69. The Bertz CT molecular complexity index is 510. The topological polar surface area (TPSA) is 56.8 Å². The highest BCUT2D eigenvalue weighted by Crippen LogP contribution is 2.40. The number of methoxy groups -OCH3 is 1. The molecule has 1 aromatic rings. The Morgan fingerprint density at radius 1 is 1.41 bits per heavy atom. The third-order valence-corrected chi connectivity index (χ3v) is 3.48. The normalized spacial score (nSPS) is 22.1. The van der Waals surface area contributed by atoms with Crippen LogP contribution >= 0.6 is 0 Å². The van der Waals surface area contributed by atoms with Gasteiger partial charge in [0.1, 0.15) is 5.75 Å². The largest absolute Gasteiger partial charge is 0.497 e. The van der Waals surface area contributed by atoms with Crippen LogP contribution in [-0.4, -0.2) is 7.11 Å². The maximum Gasteiger partial charge on any atom is 0.119 e. The first-order chi connectivity index (χ1) is 8.25. The average molecular weight is 226 g/mol. The van der Waals surface area contributed by atoms with Gasteiger partial charge in [-0.2, -0.15) is 10.5 Å². The van der Waals surface area contributed by atoms with Crippen LogP contribution in [-0.2, 0) is 11.8 Å². The van der Waals surface area contributed by atoms with Gasteiger partial charge in [0.2, 0.25) is 0 Å². The number of aryl methyl sites for hydroxylation is 1. The van der Waals surface area contributed by atoms with E-state index >= 15 is 0 Å². The van der Waals surface area contributed by atoms with Crippen molar-refractivity contribution >= 4 is 0 Å². The first-order valence-electron chi connectivity index (χ1n) is 5.71. The zero-order valence-electron chi connectivity index (χ0n) is 9.86. The SMILES string of the molecule is COc1ccc2c(c1)[C@](C#N)(CC#N)CCC2. The highest BCUT2D eigenvalue weighted by atomic mass is 16.5. The predicted octanol–water partition coefficient (Wildman–Crippen LogP) is 2.71. The Hall–Kier alpha value is -2.00. The minimum atomic E-state index is -0.642. The summed E-state index contributed by atoms with van der Waals surface area (Å²) < 4.78 is 5.20. The van der Waals surface area contributed by atoms with E-state index in [0.29, 0.717) is 0 Å². The maximum atomic E-state index is 9.44. The molecule has 2 rings (SSSR count). The smallest absolute Gasteiger partial charge is 0.119 e. The van der Waals surface area contributed by atoms with Crippen molar-refractivity contribution in [1.29, 1.82) is 10.5 Å². The van der Waals surface area contributed by atoms with Crippen molar-refractivity contribution in [2.45, 2.75) is 31.1 Å². The van der Waals surface area contributed by atoms with Crippen molar-refractivity contribution in [3.8, 4) is 17.9 Å². The van der Waals surface area contributed by atoms with Gasteiger partial charge in [-0.15, -0.1) is 0 Å². The molecule has 1 aliphatic carbocycles. The van der Waals surface area contributed by atoms with Gasteiger partial charge in [0.25, 0.3) is 0 Å². The molecule has 0 aliphatic heterocycles. The molecule has 0 saturated carbocycles. The Kier molecular flexibility index (Phi) is 3.02. The summed E-state index contributed by atoms with van der Waals surface area (Å²) in [7, 11) is 1.61. The van der Waals surface area contributed by atoms with Crippen LogP contribution in [0.2, 0.25) is 0 Å². The lowest BCUT2D eigenvalue weighted by Gasteiger charge is -2.31. The number of hydrogen-bond acceptors (Lipinski definition) is 3. The fourth-order valence-electron chi connectivity index (χ4n) is 2.54. The number of ether oxygens (including phenoxy) is 1. The number of rotatable bonds is 2. The zero-order chi connectivity index (χ0) is 12.3. The fourth-order valence-corrected chi connectivity index (χ4v) is 2.54. The molecular weight excluding hydrogens is 212 g/mol. The van der Waals surface area contributed by atoms with Crippen LogP contribution in [0.4, 0.5) is 0 Å². The van der Waals surface area contributed by atoms with Gasteiger partial charge in [0, 0.05) is 0 Å². The third kappa shape index (κ3) is 1.85. The summed E-state index contributed by atoms with van der Waals surface area (Å²) in [5, 5.41) is 18.4. The van der Waals surface area contributed by atoms with E-state index in [0.717, 1.165) is 30.6 Å². The molecule has 86 valence electrons. The summed E-state index contributed by atoms with van der Waals surface area (Å²) in [5.41, 5.74) is 1.51. The summed E-state index contributed by atoms with van der Waals surface area (Å²) in [6.07, 6.45) is 2.96. The van der Waals surface area contributed by atoms with Crippen molar-refractivity contribution in [1.82, 2.24) is 0 Å². The van der Waals surface area contributed by atoms with Crippen LogP contribution in [0.15, 0.2) is 18.2 Å². The molecular formula is C14H14N2O. The van der Waals surface area contributed by atoms with E-state index in [1.807, 2.05) is 18.2 Å². The van der Waals surface area contributed by atoms with Crippen LogP contribution in [0.3, 0.4) is 0 Å². The van der Waals surface area contributed by atoms with Gasteiger partial charge in [-0.25, -0.2) is 0 Å². The van der Waals surface area contributed by atoms with Gasteiger partial charge in [-0.3, -0.25) is 0 Å². The van der Waals surface area contributed by atoms with Crippen molar-refractivity contribution in [3.63, 3.8) is 0 Å². The molecule has 17 heavy (non-hydrogen) atoms. The van der Waals surface area contributed by atoms with E-state index in [4.69, 9.17) is 10.00 Å². The summed E-state index contributed by atoms with van der Waals surface area (Å²) in [5.74, 6) is 0.753. The minimum absolute atomic E-state index is 0.254. The van der Waals surface area contributed by atoms with E-state index in [-0.39, 0.29) is 6.42 Å². The van der Waals surface area contributed by atoms with Crippen LogP contribution in [0.25, 0.3) is 0 Å².